The number of ether oxygens (including phenoxy) is 1. The minimum Gasteiger partial charge on any atom is -0.366 e. The molecule has 0 radical (unpaired) electrons. The molecular weight excluding hydrogens is 330 g/mol. The second kappa shape index (κ2) is 11.1. The summed E-state index contributed by atoms with van der Waals surface area (Å²) in [5.41, 5.74) is 2.03. The molecule has 0 atom stereocenters. The zero-order chi connectivity index (χ0) is 17.3. The van der Waals surface area contributed by atoms with Crippen molar-refractivity contribution in [2.45, 2.75) is 25.4 Å². The number of benzene rings is 2. The Kier molecular flexibility index (Phi) is 9.51. The van der Waals surface area contributed by atoms with Gasteiger partial charge in [0, 0.05) is 19.7 Å². The van der Waals surface area contributed by atoms with Crippen molar-refractivity contribution in [3.63, 3.8) is 0 Å². The lowest BCUT2D eigenvalue weighted by atomic mass is 9.83. The van der Waals surface area contributed by atoms with Crippen LogP contribution in [0.1, 0.15) is 30.9 Å². The molecule has 0 spiro atoms. The largest absolute Gasteiger partial charge is 0.366 e. The van der Waals surface area contributed by atoms with E-state index >= 15 is 0 Å². The van der Waals surface area contributed by atoms with Crippen molar-refractivity contribution in [1.82, 2.24) is 4.90 Å². The third kappa shape index (κ3) is 5.71. The highest BCUT2D eigenvalue weighted by molar-refractivity contribution is 5.85. The third-order valence-corrected chi connectivity index (χ3v) is 4.32. The highest BCUT2D eigenvalue weighted by Gasteiger charge is 2.35. The average Bonchev–Trinajstić information content (AvgIpc) is 2.64. The SMILES string of the molecule is C=CCN(C)CCC(OCCC)(c1ccccc1)c1ccccc1.Cl. The molecule has 3 heteroatoms. The fraction of sp³-hybridized carbons (Fsp3) is 0.364. The van der Waals surface area contributed by atoms with E-state index in [4.69, 9.17) is 4.74 Å². The number of rotatable bonds is 10. The summed E-state index contributed by atoms with van der Waals surface area (Å²) in [5.74, 6) is 0. The maximum atomic E-state index is 6.53. The van der Waals surface area contributed by atoms with Gasteiger partial charge in [0.1, 0.15) is 5.60 Å². The predicted octanol–water partition coefficient (Wildman–Crippen LogP) is 5.29. The molecule has 2 aromatic carbocycles. The van der Waals surface area contributed by atoms with Crippen molar-refractivity contribution in [1.29, 1.82) is 0 Å². The maximum absolute atomic E-state index is 6.53. The average molecular weight is 360 g/mol. The Hall–Kier alpha value is -1.61. The van der Waals surface area contributed by atoms with Gasteiger partial charge in [-0.3, -0.25) is 0 Å². The summed E-state index contributed by atoms with van der Waals surface area (Å²) in [6, 6.07) is 21.2. The number of halogens is 1. The third-order valence-electron chi connectivity index (χ3n) is 4.32. The fourth-order valence-corrected chi connectivity index (χ4v) is 3.05. The van der Waals surface area contributed by atoms with Crippen molar-refractivity contribution in [3.8, 4) is 0 Å². The minimum atomic E-state index is -0.409. The molecule has 0 saturated heterocycles. The highest BCUT2D eigenvalue weighted by atomic mass is 35.5. The molecule has 0 aliphatic rings. The molecular formula is C22H30ClNO. The fourth-order valence-electron chi connectivity index (χ4n) is 3.05. The smallest absolute Gasteiger partial charge is 0.119 e. The molecule has 2 aromatic rings. The maximum Gasteiger partial charge on any atom is 0.119 e. The lowest BCUT2D eigenvalue weighted by molar-refractivity contribution is -0.0288. The lowest BCUT2D eigenvalue weighted by Gasteiger charge is -2.36. The molecule has 0 aliphatic carbocycles. The van der Waals surface area contributed by atoms with E-state index in [2.05, 4.69) is 86.1 Å². The van der Waals surface area contributed by atoms with E-state index in [0.29, 0.717) is 0 Å². The van der Waals surface area contributed by atoms with Gasteiger partial charge in [-0.2, -0.15) is 0 Å². The van der Waals surface area contributed by atoms with Gasteiger partial charge in [-0.1, -0.05) is 73.7 Å². The molecule has 2 nitrogen and oxygen atoms in total. The van der Waals surface area contributed by atoms with E-state index in [1.54, 1.807) is 0 Å². The van der Waals surface area contributed by atoms with Crippen LogP contribution in [-0.4, -0.2) is 31.6 Å². The van der Waals surface area contributed by atoms with Crippen LogP contribution in [0, 0.1) is 0 Å². The Balaban J connectivity index is 0.00000312. The molecule has 0 aliphatic heterocycles. The molecule has 0 fully saturated rings. The van der Waals surface area contributed by atoms with Gasteiger partial charge in [0.2, 0.25) is 0 Å². The summed E-state index contributed by atoms with van der Waals surface area (Å²) in [7, 11) is 2.13. The summed E-state index contributed by atoms with van der Waals surface area (Å²) in [6.07, 6.45) is 3.86. The molecule has 2 rings (SSSR count). The first-order valence-corrected chi connectivity index (χ1v) is 8.77. The first-order valence-electron chi connectivity index (χ1n) is 8.77. The number of likely N-dealkylation sites (N-methyl/N-ethyl adjacent to an activating group) is 1. The molecule has 25 heavy (non-hydrogen) atoms. The lowest BCUT2D eigenvalue weighted by Crippen LogP contribution is -2.36. The van der Waals surface area contributed by atoms with Crippen LogP contribution in [-0.2, 0) is 10.3 Å². The van der Waals surface area contributed by atoms with Crippen molar-refractivity contribution < 1.29 is 4.74 Å². The van der Waals surface area contributed by atoms with Gasteiger partial charge in [-0.15, -0.1) is 19.0 Å². The number of hydrogen-bond acceptors (Lipinski definition) is 2. The first-order chi connectivity index (χ1) is 11.7. The van der Waals surface area contributed by atoms with Crippen molar-refractivity contribution in [3.05, 3.63) is 84.4 Å². The van der Waals surface area contributed by atoms with Gasteiger partial charge in [0.05, 0.1) is 0 Å². The molecule has 0 aromatic heterocycles. The molecule has 0 bridgehead atoms. The highest BCUT2D eigenvalue weighted by Crippen LogP contribution is 2.37. The Morgan fingerprint density at radius 3 is 1.96 bits per heavy atom. The molecule has 0 unspecified atom stereocenters. The van der Waals surface area contributed by atoms with Gasteiger partial charge in [0.25, 0.3) is 0 Å². The second-order valence-corrected chi connectivity index (χ2v) is 6.21. The predicted molar refractivity (Wildman–Crippen MR) is 109 cm³/mol. The standard InChI is InChI=1S/C22H29NO.ClH/c1-4-17-23(3)18-16-22(24-19-5-2,20-12-8-6-9-13-20)21-14-10-7-11-15-21;/h4,6-15H,1,5,16-19H2,2-3H3;1H. The Morgan fingerprint density at radius 1 is 1.00 bits per heavy atom. The topological polar surface area (TPSA) is 12.5 Å². The summed E-state index contributed by atoms with van der Waals surface area (Å²) in [6.45, 7) is 8.57. The minimum absolute atomic E-state index is 0. The quantitative estimate of drug-likeness (QED) is 0.534. The number of hydrogen-bond donors (Lipinski definition) is 0. The van der Waals surface area contributed by atoms with Crippen LogP contribution in [0.4, 0.5) is 0 Å². The van der Waals surface area contributed by atoms with Crippen LogP contribution < -0.4 is 0 Å². The Labute approximate surface area is 158 Å². The van der Waals surface area contributed by atoms with Gasteiger partial charge in [0.15, 0.2) is 0 Å². The molecule has 136 valence electrons. The van der Waals surface area contributed by atoms with Gasteiger partial charge in [-0.25, -0.2) is 0 Å². The van der Waals surface area contributed by atoms with Crippen LogP contribution in [0.15, 0.2) is 73.3 Å². The van der Waals surface area contributed by atoms with Crippen molar-refractivity contribution in [2.75, 3.05) is 26.7 Å². The van der Waals surface area contributed by atoms with E-state index in [1.165, 1.54) is 11.1 Å². The van der Waals surface area contributed by atoms with Crippen molar-refractivity contribution in [2.24, 2.45) is 0 Å². The summed E-state index contributed by atoms with van der Waals surface area (Å²) in [5, 5.41) is 0. The summed E-state index contributed by atoms with van der Waals surface area (Å²) in [4.78, 5) is 2.28. The van der Waals surface area contributed by atoms with E-state index in [0.717, 1.165) is 32.5 Å². The molecule has 0 amide bonds. The van der Waals surface area contributed by atoms with Crippen LogP contribution >= 0.6 is 12.4 Å². The first kappa shape index (κ1) is 21.4. The van der Waals surface area contributed by atoms with Crippen LogP contribution in [0.5, 0.6) is 0 Å². The van der Waals surface area contributed by atoms with Gasteiger partial charge < -0.3 is 9.64 Å². The normalized spacial score (nSPS) is 11.2. The second-order valence-electron chi connectivity index (χ2n) is 6.21. The zero-order valence-electron chi connectivity index (χ0n) is 15.4. The Bertz CT molecular complexity index is 560. The van der Waals surface area contributed by atoms with Crippen LogP contribution in [0.2, 0.25) is 0 Å². The van der Waals surface area contributed by atoms with E-state index < -0.39 is 5.60 Å². The summed E-state index contributed by atoms with van der Waals surface area (Å²) >= 11 is 0. The van der Waals surface area contributed by atoms with Crippen LogP contribution in [0.3, 0.4) is 0 Å². The zero-order valence-corrected chi connectivity index (χ0v) is 16.2. The van der Waals surface area contributed by atoms with Gasteiger partial charge >= 0.3 is 0 Å². The van der Waals surface area contributed by atoms with Gasteiger partial charge in [-0.05, 0) is 31.0 Å². The van der Waals surface area contributed by atoms with Crippen molar-refractivity contribution >= 4 is 12.4 Å². The van der Waals surface area contributed by atoms with E-state index in [-0.39, 0.29) is 12.4 Å². The summed E-state index contributed by atoms with van der Waals surface area (Å²) < 4.78 is 6.53. The van der Waals surface area contributed by atoms with E-state index in [1.807, 2.05) is 6.08 Å². The van der Waals surface area contributed by atoms with E-state index in [9.17, 15) is 0 Å². The van der Waals surface area contributed by atoms with Crippen LogP contribution in [0.25, 0.3) is 0 Å². The Morgan fingerprint density at radius 2 is 1.52 bits per heavy atom. The monoisotopic (exact) mass is 359 g/mol. The number of nitrogens with zero attached hydrogens (tertiary/aromatic N) is 1. The molecule has 0 N–H and O–H groups in total. The molecule has 0 saturated carbocycles. The molecule has 0 heterocycles.